The third-order valence-electron chi connectivity index (χ3n) is 7.29. The normalized spacial score (nSPS) is 17.1. The van der Waals surface area contributed by atoms with Gasteiger partial charge in [0, 0.05) is 13.0 Å². The molecule has 2 heterocycles. The molecule has 212 valence electrons. The first-order valence-corrected chi connectivity index (χ1v) is 13.5. The number of hydrogen-bond acceptors (Lipinski definition) is 7. The van der Waals surface area contributed by atoms with E-state index in [1.54, 1.807) is 12.1 Å². The molecule has 10 heteroatoms. The number of likely N-dealkylation sites (tertiary alicyclic amines) is 1. The molecule has 0 spiro atoms. The quantitative estimate of drug-likeness (QED) is 0.290. The van der Waals surface area contributed by atoms with Crippen LogP contribution in [0.25, 0.3) is 10.8 Å². The van der Waals surface area contributed by atoms with Gasteiger partial charge < -0.3 is 29.6 Å². The van der Waals surface area contributed by atoms with Gasteiger partial charge in [0.25, 0.3) is 5.91 Å². The van der Waals surface area contributed by atoms with Crippen LogP contribution in [0.15, 0.2) is 53.7 Å². The number of oxime groups is 1. The topological polar surface area (TPSA) is 92.6 Å². The Kier molecular flexibility index (Phi) is 8.76. The second-order valence-corrected chi connectivity index (χ2v) is 10.1. The molecular formula is C30H33F2N3O5. The SMILES string of the molecule is CON=C(CCc1ccc2cc(F)ccc2c1)C(=O)NC(CN1CCCC1)C(O)c1cc(F)c2c(c1)OCCO2. The molecule has 0 bridgehead atoms. The minimum Gasteiger partial charge on any atom is -0.486 e. The largest absolute Gasteiger partial charge is 0.486 e. The van der Waals surface area contributed by atoms with Crippen LogP contribution < -0.4 is 14.8 Å². The smallest absolute Gasteiger partial charge is 0.269 e. The maximum Gasteiger partial charge on any atom is 0.269 e. The molecule has 2 atom stereocenters. The molecule has 0 aliphatic carbocycles. The van der Waals surface area contributed by atoms with Gasteiger partial charge in [-0.1, -0.05) is 29.4 Å². The number of aryl methyl sites for hydroxylation is 1. The lowest BCUT2D eigenvalue weighted by atomic mass is 9.99. The molecule has 8 nitrogen and oxygen atoms in total. The standard InChI is InChI=1S/C30H33F2N3O5/c1-38-34-25(9-5-19-4-6-21-15-23(31)8-7-20(21)14-19)30(37)33-26(18-35-10-2-3-11-35)28(36)22-16-24(32)29-27(17-22)39-12-13-40-29/h4,6-8,14-17,26,28,36H,2-3,5,9-13,18H2,1H3,(H,33,37). The highest BCUT2D eigenvalue weighted by Gasteiger charge is 2.30. The third kappa shape index (κ3) is 6.51. The van der Waals surface area contributed by atoms with E-state index in [0.29, 0.717) is 13.0 Å². The lowest BCUT2D eigenvalue weighted by Gasteiger charge is -2.29. The molecule has 2 aliphatic rings. The Balaban J connectivity index is 1.32. The number of aliphatic hydroxyl groups excluding tert-OH is 1. The maximum atomic E-state index is 14.8. The summed E-state index contributed by atoms with van der Waals surface area (Å²) in [5, 5.41) is 19.9. The van der Waals surface area contributed by atoms with E-state index in [0.717, 1.165) is 42.3 Å². The number of benzene rings is 3. The average Bonchev–Trinajstić information content (AvgIpc) is 3.47. The Labute approximate surface area is 231 Å². The minimum atomic E-state index is -1.21. The van der Waals surface area contributed by atoms with Crippen molar-refractivity contribution in [3.63, 3.8) is 0 Å². The van der Waals surface area contributed by atoms with Gasteiger partial charge in [0.05, 0.1) is 6.04 Å². The van der Waals surface area contributed by atoms with Crippen LogP contribution in [0.2, 0.25) is 0 Å². The minimum absolute atomic E-state index is 0.0238. The van der Waals surface area contributed by atoms with E-state index < -0.39 is 23.9 Å². The highest BCUT2D eigenvalue weighted by molar-refractivity contribution is 6.38. The second kappa shape index (κ2) is 12.6. The van der Waals surface area contributed by atoms with Crippen molar-refractivity contribution in [1.82, 2.24) is 10.2 Å². The Hall–Kier alpha value is -3.76. The van der Waals surface area contributed by atoms with Crippen molar-refractivity contribution in [2.24, 2.45) is 5.16 Å². The van der Waals surface area contributed by atoms with Gasteiger partial charge in [-0.05, 0) is 78.5 Å². The van der Waals surface area contributed by atoms with Crippen LogP contribution in [0.3, 0.4) is 0 Å². The number of amides is 1. The van der Waals surface area contributed by atoms with Crippen LogP contribution in [-0.2, 0) is 16.1 Å². The molecule has 1 amide bonds. The summed E-state index contributed by atoms with van der Waals surface area (Å²) in [6.07, 6.45) is 1.63. The van der Waals surface area contributed by atoms with Crippen molar-refractivity contribution in [3.05, 3.63) is 71.3 Å². The number of hydrogen-bond donors (Lipinski definition) is 2. The number of ether oxygens (including phenoxy) is 2. The van der Waals surface area contributed by atoms with E-state index in [-0.39, 0.29) is 48.2 Å². The van der Waals surface area contributed by atoms with Crippen molar-refractivity contribution >= 4 is 22.4 Å². The van der Waals surface area contributed by atoms with Crippen molar-refractivity contribution < 1.29 is 33.0 Å². The molecule has 0 saturated carbocycles. The highest BCUT2D eigenvalue weighted by atomic mass is 19.1. The van der Waals surface area contributed by atoms with E-state index in [4.69, 9.17) is 14.3 Å². The van der Waals surface area contributed by atoms with Crippen LogP contribution in [-0.4, -0.2) is 67.6 Å². The van der Waals surface area contributed by atoms with Gasteiger partial charge in [0.2, 0.25) is 0 Å². The van der Waals surface area contributed by atoms with Gasteiger partial charge in [-0.3, -0.25) is 4.79 Å². The van der Waals surface area contributed by atoms with E-state index in [2.05, 4.69) is 15.4 Å². The van der Waals surface area contributed by atoms with E-state index in [1.807, 2.05) is 18.2 Å². The highest BCUT2D eigenvalue weighted by Crippen LogP contribution is 2.36. The van der Waals surface area contributed by atoms with Crippen LogP contribution in [0.5, 0.6) is 11.5 Å². The monoisotopic (exact) mass is 553 g/mol. The molecule has 2 aliphatic heterocycles. The summed E-state index contributed by atoms with van der Waals surface area (Å²) < 4.78 is 39.2. The first kappa shape index (κ1) is 27.8. The van der Waals surface area contributed by atoms with Gasteiger partial charge in [0.15, 0.2) is 17.3 Å². The molecular weight excluding hydrogens is 520 g/mol. The number of fused-ring (bicyclic) bond motifs is 2. The maximum absolute atomic E-state index is 14.8. The van der Waals surface area contributed by atoms with Gasteiger partial charge in [-0.15, -0.1) is 0 Å². The summed E-state index contributed by atoms with van der Waals surface area (Å²) in [5.41, 5.74) is 1.40. The van der Waals surface area contributed by atoms with E-state index in [9.17, 15) is 18.7 Å². The first-order valence-electron chi connectivity index (χ1n) is 13.5. The molecule has 2 unspecified atom stereocenters. The van der Waals surface area contributed by atoms with Gasteiger partial charge in [-0.25, -0.2) is 8.78 Å². The number of nitrogens with zero attached hydrogens (tertiary/aromatic N) is 2. The fourth-order valence-electron chi connectivity index (χ4n) is 5.25. The Bertz CT molecular complexity index is 1390. The second-order valence-electron chi connectivity index (χ2n) is 10.1. The number of carbonyl (C=O) groups is 1. The number of halogens is 2. The molecule has 1 fully saturated rings. The van der Waals surface area contributed by atoms with Gasteiger partial charge in [0.1, 0.15) is 38.0 Å². The zero-order valence-electron chi connectivity index (χ0n) is 22.4. The molecule has 0 radical (unpaired) electrons. The summed E-state index contributed by atoms with van der Waals surface area (Å²) >= 11 is 0. The number of nitrogens with one attached hydrogen (secondary N) is 1. The lowest BCUT2D eigenvalue weighted by Crippen LogP contribution is -2.48. The van der Waals surface area contributed by atoms with Crippen LogP contribution in [0.4, 0.5) is 8.78 Å². The molecule has 40 heavy (non-hydrogen) atoms. The summed E-state index contributed by atoms with van der Waals surface area (Å²) in [4.78, 5) is 20.5. The summed E-state index contributed by atoms with van der Waals surface area (Å²) in [7, 11) is 1.37. The average molecular weight is 554 g/mol. The number of aliphatic hydroxyl groups is 1. The fraction of sp³-hybridized carbons (Fsp3) is 0.400. The molecule has 2 N–H and O–H groups in total. The Morgan fingerprint density at radius 1 is 1.07 bits per heavy atom. The van der Waals surface area contributed by atoms with Crippen LogP contribution in [0.1, 0.15) is 36.5 Å². The van der Waals surface area contributed by atoms with E-state index >= 15 is 0 Å². The Morgan fingerprint density at radius 2 is 1.82 bits per heavy atom. The molecule has 3 aromatic rings. The van der Waals surface area contributed by atoms with Crippen molar-refractivity contribution in [3.8, 4) is 11.5 Å². The van der Waals surface area contributed by atoms with Crippen molar-refractivity contribution in [2.45, 2.75) is 37.8 Å². The molecule has 5 rings (SSSR count). The summed E-state index contributed by atoms with van der Waals surface area (Å²) in [6, 6.07) is 12.3. The lowest BCUT2D eigenvalue weighted by molar-refractivity contribution is -0.116. The van der Waals surface area contributed by atoms with Gasteiger partial charge >= 0.3 is 0 Å². The Morgan fingerprint density at radius 3 is 2.62 bits per heavy atom. The van der Waals surface area contributed by atoms with Crippen molar-refractivity contribution in [1.29, 1.82) is 0 Å². The number of rotatable bonds is 10. The number of carbonyl (C=O) groups excluding carboxylic acids is 1. The van der Waals surface area contributed by atoms with Crippen LogP contribution in [0, 0.1) is 11.6 Å². The third-order valence-corrected chi connectivity index (χ3v) is 7.29. The summed E-state index contributed by atoms with van der Waals surface area (Å²) in [5.74, 6) is -1.15. The predicted octanol–water partition coefficient (Wildman–Crippen LogP) is 4.14. The first-order chi connectivity index (χ1) is 19.4. The molecule has 3 aromatic carbocycles. The van der Waals surface area contributed by atoms with Gasteiger partial charge in [-0.2, -0.15) is 0 Å². The molecule has 0 aromatic heterocycles. The zero-order valence-corrected chi connectivity index (χ0v) is 22.4. The zero-order chi connectivity index (χ0) is 28.1. The fourth-order valence-corrected chi connectivity index (χ4v) is 5.25. The van der Waals surface area contributed by atoms with Crippen LogP contribution >= 0.6 is 0 Å². The summed E-state index contributed by atoms with van der Waals surface area (Å²) in [6.45, 7) is 2.60. The van der Waals surface area contributed by atoms with Crippen molar-refractivity contribution in [2.75, 3.05) is 40.0 Å². The predicted molar refractivity (Wildman–Crippen MR) is 147 cm³/mol. The molecule has 1 saturated heterocycles. The van der Waals surface area contributed by atoms with E-state index in [1.165, 1.54) is 25.3 Å².